The van der Waals surface area contributed by atoms with Gasteiger partial charge >= 0.3 is 13.2 Å². The highest BCUT2D eigenvalue weighted by Gasteiger charge is 2.52. The van der Waals surface area contributed by atoms with Crippen molar-refractivity contribution < 1.29 is 18.8 Å². The van der Waals surface area contributed by atoms with Crippen LogP contribution in [-0.4, -0.2) is 40.9 Å². The van der Waals surface area contributed by atoms with Crippen molar-refractivity contribution in [3.63, 3.8) is 0 Å². The number of aromatic amines is 1. The molecule has 1 saturated heterocycles. The Kier molecular flexibility index (Phi) is 6.32. The minimum atomic E-state index is -0.594. The van der Waals surface area contributed by atoms with E-state index < -0.39 is 24.4 Å². The Hall–Kier alpha value is -3.10. The van der Waals surface area contributed by atoms with E-state index in [-0.39, 0.29) is 13.2 Å². The minimum Gasteiger partial charge on any atom is -0.445 e. The number of nitrogens with zero attached hydrogens (tertiary/aromatic N) is 1. The molecular formula is C25H30BN3O4. The zero-order valence-electron chi connectivity index (χ0n) is 19.8. The van der Waals surface area contributed by atoms with E-state index in [9.17, 15) is 4.79 Å². The summed E-state index contributed by atoms with van der Waals surface area (Å²) in [5, 5.41) is 2.84. The number of rotatable bonds is 6. The first-order valence-corrected chi connectivity index (χ1v) is 11.1. The van der Waals surface area contributed by atoms with E-state index in [2.05, 4.69) is 15.3 Å². The lowest BCUT2D eigenvalue weighted by Crippen LogP contribution is -2.41. The molecule has 1 fully saturated rings. The number of hydrogen-bond acceptors (Lipinski definition) is 5. The molecule has 1 amide bonds. The fourth-order valence-corrected chi connectivity index (χ4v) is 3.60. The molecule has 2 aromatic carbocycles. The molecule has 1 aliphatic rings. The van der Waals surface area contributed by atoms with Crippen molar-refractivity contribution in [1.82, 2.24) is 15.3 Å². The molecule has 1 aliphatic heterocycles. The van der Waals surface area contributed by atoms with E-state index in [0.29, 0.717) is 0 Å². The zero-order valence-corrected chi connectivity index (χ0v) is 19.8. The number of carbonyl (C=O) groups excluding carboxylic acids is 1. The van der Waals surface area contributed by atoms with Gasteiger partial charge in [-0.2, -0.15) is 0 Å². The summed E-state index contributed by atoms with van der Waals surface area (Å²) >= 11 is 0. The standard InChI is InChI=1S/C25H30BN3O4/c1-17-28-21-12-11-19(14-22(21)29-17)13-20(26-32-24(2,3)25(4,5)33-26)15-27-23(30)31-16-18-9-7-6-8-10-18/h6-14H,15-16H2,1-5H3,(H,27,30)(H,28,29). The molecule has 0 saturated carbocycles. The second-order valence-corrected chi connectivity index (χ2v) is 9.32. The zero-order chi connectivity index (χ0) is 23.6. The third-order valence-electron chi connectivity index (χ3n) is 6.18. The number of amides is 1. The van der Waals surface area contributed by atoms with Gasteiger partial charge in [0.2, 0.25) is 0 Å². The summed E-state index contributed by atoms with van der Waals surface area (Å²) in [7, 11) is -0.594. The van der Waals surface area contributed by atoms with Crippen LogP contribution in [-0.2, 0) is 20.7 Å². The highest BCUT2D eigenvalue weighted by atomic mass is 16.7. The van der Waals surface area contributed by atoms with Crippen LogP contribution < -0.4 is 5.32 Å². The second kappa shape index (κ2) is 9.04. The van der Waals surface area contributed by atoms with Gasteiger partial charge in [-0.1, -0.05) is 42.5 Å². The van der Waals surface area contributed by atoms with Crippen molar-refractivity contribution >= 4 is 30.3 Å². The Labute approximate surface area is 194 Å². The number of benzene rings is 2. The number of imidazole rings is 1. The first-order chi connectivity index (χ1) is 15.6. The minimum absolute atomic E-state index is 0.206. The molecule has 0 aliphatic carbocycles. The summed E-state index contributed by atoms with van der Waals surface area (Å²) in [5.41, 5.74) is 3.55. The molecule has 1 aromatic heterocycles. The highest BCUT2D eigenvalue weighted by Crippen LogP contribution is 2.38. The maximum Gasteiger partial charge on any atom is 0.492 e. The summed E-state index contributed by atoms with van der Waals surface area (Å²) in [6.45, 7) is 10.4. The van der Waals surface area contributed by atoms with Gasteiger partial charge in [0, 0.05) is 6.54 Å². The van der Waals surface area contributed by atoms with Crippen molar-refractivity contribution in [2.75, 3.05) is 6.54 Å². The number of aromatic nitrogens is 2. The Bertz CT molecular complexity index is 1150. The van der Waals surface area contributed by atoms with Crippen LogP contribution >= 0.6 is 0 Å². The Morgan fingerprint density at radius 1 is 1.12 bits per heavy atom. The van der Waals surface area contributed by atoms with E-state index >= 15 is 0 Å². The smallest absolute Gasteiger partial charge is 0.445 e. The van der Waals surface area contributed by atoms with Gasteiger partial charge in [0.1, 0.15) is 12.4 Å². The summed E-state index contributed by atoms with van der Waals surface area (Å²) < 4.78 is 17.9. The van der Waals surface area contributed by atoms with Crippen molar-refractivity contribution in [2.45, 2.75) is 52.4 Å². The van der Waals surface area contributed by atoms with Gasteiger partial charge in [0.05, 0.1) is 22.2 Å². The van der Waals surface area contributed by atoms with Gasteiger partial charge in [-0.15, -0.1) is 0 Å². The summed E-state index contributed by atoms with van der Waals surface area (Å²) in [6, 6.07) is 15.5. The lowest BCUT2D eigenvalue weighted by atomic mass is 9.77. The topological polar surface area (TPSA) is 85.5 Å². The molecule has 0 atom stereocenters. The fourth-order valence-electron chi connectivity index (χ4n) is 3.60. The molecule has 172 valence electrons. The summed E-state index contributed by atoms with van der Waals surface area (Å²) in [4.78, 5) is 20.1. The van der Waals surface area contributed by atoms with E-state index in [0.717, 1.165) is 33.5 Å². The highest BCUT2D eigenvalue weighted by molar-refractivity contribution is 6.56. The van der Waals surface area contributed by atoms with E-state index in [4.69, 9.17) is 14.0 Å². The molecule has 3 aromatic rings. The molecule has 7 nitrogen and oxygen atoms in total. The molecule has 0 bridgehead atoms. The van der Waals surface area contributed by atoms with Crippen LogP contribution in [0.5, 0.6) is 0 Å². The number of nitrogens with one attached hydrogen (secondary N) is 2. The van der Waals surface area contributed by atoms with E-state index in [1.54, 1.807) is 0 Å². The predicted molar refractivity (Wildman–Crippen MR) is 130 cm³/mol. The van der Waals surface area contributed by atoms with Crippen molar-refractivity contribution in [1.29, 1.82) is 0 Å². The van der Waals surface area contributed by atoms with Crippen LogP contribution in [0.25, 0.3) is 17.1 Å². The van der Waals surface area contributed by atoms with Crippen LogP contribution in [0.2, 0.25) is 0 Å². The molecular weight excluding hydrogens is 417 g/mol. The molecule has 0 spiro atoms. The van der Waals surface area contributed by atoms with E-state index in [1.165, 1.54) is 0 Å². The predicted octanol–water partition coefficient (Wildman–Crippen LogP) is 4.81. The van der Waals surface area contributed by atoms with Gasteiger partial charge in [-0.25, -0.2) is 9.78 Å². The van der Waals surface area contributed by atoms with Gasteiger partial charge in [0.15, 0.2) is 0 Å². The summed E-state index contributed by atoms with van der Waals surface area (Å²) in [6.07, 6.45) is 1.48. The van der Waals surface area contributed by atoms with Crippen molar-refractivity contribution in [2.24, 2.45) is 0 Å². The van der Waals surface area contributed by atoms with E-state index in [1.807, 2.05) is 89.2 Å². The number of hydrogen-bond donors (Lipinski definition) is 2. The van der Waals surface area contributed by atoms with Crippen LogP contribution in [0.3, 0.4) is 0 Å². The van der Waals surface area contributed by atoms with Crippen molar-refractivity contribution in [3.8, 4) is 0 Å². The largest absolute Gasteiger partial charge is 0.492 e. The quantitative estimate of drug-likeness (QED) is 0.530. The molecule has 2 N–H and O–H groups in total. The Morgan fingerprint density at radius 3 is 2.52 bits per heavy atom. The van der Waals surface area contributed by atoms with Gasteiger partial charge in [-0.3, -0.25) is 0 Å². The molecule has 2 heterocycles. The average molecular weight is 447 g/mol. The number of fused-ring (bicyclic) bond motifs is 1. The third kappa shape index (κ3) is 5.29. The Balaban J connectivity index is 1.52. The first kappa shape index (κ1) is 23.1. The average Bonchev–Trinajstić information content (AvgIpc) is 3.24. The molecule has 4 rings (SSSR count). The van der Waals surface area contributed by atoms with Crippen LogP contribution in [0.4, 0.5) is 4.79 Å². The number of H-pyrrole nitrogens is 1. The van der Waals surface area contributed by atoms with Gasteiger partial charge < -0.3 is 24.3 Å². The second-order valence-electron chi connectivity index (χ2n) is 9.32. The maximum absolute atomic E-state index is 12.4. The number of ether oxygens (including phenoxy) is 1. The fraction of sp³-hybridized carbons (Fsp3) is 0.360. The maximum atomic E-state index is 12.4. The normalized spacial score (nSPS) is 17.4. The lowest BCUT2D eigenvalue weighted by molar-refractivity contribution is 0.00578. The van der Waals surface area contributed by atoms with Crippen LogP contribution in [0, 0.1) is 6.92 Å². The third-order valence-corrected chi connectivity index (χ3v) is 6.18. The van der Waals surface area contributed by atoms with Crippen molar-refractivity contribution in [3.05, 3.63) is 71.0 Å². The summed E-state index contributed by atoms with van der Waals surface area (Å²) in [5.74, 6) is 0.861. The molecule has 8 heteroatoms. The monoisotopic (exact) mass is 447 g/mol. The number of carbonyl (C=O) groups is 1. The number of aryl methyl sites for hydroxylation is 1. The van der Waals surface area contributed by atoms with Gasteiger partial charge in [-0.05, 0) is 63.4 Å². The molecule has 0 radical (unpaired) electrons. The molecule has 0 unspecified atom stereocenters. The van der Waals surface area contributed by atoms with Gasteiger partial charge in [0.25, 0.3) is 0 Å². The molecule has 33 heavy (non-hydrogen) atoms. The number of alkyl carbamates (subject to hydrolysis) is 1. The first-order valence-electron chi connectivity index (χ1n) is 11.1. The lowest BCUT2D eigenvalue weighted by Gasteiger charge is -2.32. The Morgan fingerprint density at radius 2 is 1.82 bits per heavy atom. The van der Waals surface area contributed by atoms with Crippen LogP contribution in [0.15, 0.2) is 54.0 Å². The van der Waals surface area contributed by atoms with Crippen LogP contribution in [0.1, 0.15) is 44.6 Å². The SMILES string of the molecule is Cc1nc2ccc(C=C(CNC(=O)OCc3ccccc3)B3OC(C)(C)C(C)(C)O3)cc2[nH]1.